The molecule has 1 N–H and O–H groups in total. The fourth-order valence-corrected chi connectivity index (χ4v) is 1.89. The average molecular weight is 315 g/mol. The number of amides is 1. The maximum absolute atomic E-state index is 11.9. The number of aryl methyl sites for hydroxylation is 1. The van der Waals surface area contributed by atoms with Gasteiger partial charge in [0.1, 0.15) is 22.3 Å². The second-order valence-corrected chi connectivity index (χ2v) is 4.88. The van der Waals surface area contributed by atoms with Crippen molar-refractivity contribution in [3.63, 3.8) is 0 Å². The molecule has 0 aliphatic rings. The number of likely N-dealkylation sites (N-methyl/N-ethyl adjacent to an activating group) is 1. The first-order valence-corrected chi connectivity index (χ1v) is 6.82. The lowest BCUT2D eigenvalue weighted by atomic mass is 10.3. The predicted octanol–water partition coefficient (Wildman–Crippen LogP) is 2.08. The van der Waals surface area contributed by atoms with E-state index in [1.165, 1.54) is 0 Å². The number of carbonyl (C=O) groups excluding carboxylic acids is 1. The van der Waals surface area contributed by atoms with Crippen LogP contribution >= 0.6 is 15.9 Å². The van der Waals surface area contributed by atoms with E-state index in [4.69, 9.17) is 0 Å². The molecule has 1 amide bonds. The number of nitrogens with one attached hydrogen (secondary N) is 1. The maximum atomic E-state index is 11.9. The summed E-state index contributed by atoms with van der Waals surface area (Å²) in [7, 11) is 1.79. The van der Waals surface area contributed by atoms with Gasteiger partial charge in [-0.1, -0.05) is 6.92 Å². The highest BCUT2D eigenvalue weighted by atomic mass is 79.9. The summed E-state index contributed by atoms with van der Waals surface area (Å²) in [5.41, 5.74) is 0. The third kappa shape index (κ3) is 3.94. The fourth-order valence-electron chi connectivity index (χ4n) is 1.47. The molecule has 18 heavy (non-hydrogen) atoms. The van der Waals surface area contributed by atoms with Crippen molar-refractivity contribution >= 4 is 27.7 Å². The molecule has 1 aromatic heterocycles. The SMILES string of the molecule is CCc1nc(Br)cc(NC(C)C(=O)N(C)CC)n1. The van der Waals surface area contributed by atoms with Crippen LogP contribution < -0.4 is 5.32 Å². The molecule has 6 heteroatoms. The Morgan fingerprint density at radius 3 is 2.72 bits per heavy atom. The molecule has 1 heterocycles. The van der Waals surface area contributed by atoms with Crippen molar-refractivity contribution in [2.75, 3.05) is 18.9 Å². The van der Waals surface area contributed by atoms with Gasteiger partial charge in [-0.3, -0.25) is 4.79 Å². The Hall–Kier alpha value is -1.17. The number of carbonyl (C=O) groups is 1. The zero-order chi connectivity index (χ0) is 13.7. The van der Waals surface area contributed by atoms with Gasteiger partial charge in [-0.25, -0.2) is 9.97 Å². The number of rotatable bonds is 5. The van der Waals surface area contributed by atoms with Crippen molar-refractivity contribution in [3.05, 3.63) is 16.5 Å². The minimum absolute atomic E-state index is 0.0466. The van der Waals surface area contributed by atoms with Gasteiger partial charge in [-0.2, -0.15) is 0 Å². The molecule has 1 atom stereocenters. The Labute approximate surface area is 116 Å². The van der Waals surface area contributed by atoms with Crippen molar-refractivity contribution < 1.29 is 4.79 Å². The van der Waals surface area contributed by atoms with Gasteiger partial charge in [0.2, 0.25) is 5.91 Å². The summed E-state index contributed by atoms with van der Waals surface area (Å²) < 4.78 is 0.723. The predicted molar refractivity (Wildman–Crippen MR) is 75.5 cm³/mol. The largest absolute Gasteiger partial charge is 0.358 e. The molecule has 0 radical (unpaired) electrons. The Morgan fingerprint density at radius 1 is 1.50 bits per heavy atom. The summed E-state index contributed by atoms with van der Waals surface area (Å²) in [6, 6.07) is 1.47. The third-order valence-corrected chi connectivity index (χ3v) is 3.05. The lowest BCUT2D eigenvalue weighted by Gasteiger charge is -2.21. The maximum Gasteiger partial charge on any atom is 0.244 e. The van der Waals surface area contributed by atoms with Crippen molar-refractivity contribution in [2.24, 2.45) is 0 Å². The third-order valence-electron chi connectivity index (χ3n) is 2.64. The van der Waals surface area contributed by atoms with E-state index in [1.807, 2.05) is 20.8 Å². The minimum Gasteiger partial charge on any atom is -0.358 e. The normalized spacial score (nSPS) is 12.1. The van der Waals surface area contributed by atoms with E-state index in [2.05, 4.69) is 31.2 Å². The van der Waals surface area contributed by atoms with Crippen LogP contribution in [-0.2, 0) is 11.2 Å². The van der Waals surface area contributed by atoms with Crippen molar-refractivity contribution in [1.82, 2.24) is 14.9 Å². The molecule has 0 aliphatic heterocycles. The lowest BCUT2D eigenvalue weighted by molar-refractivity contribution is -0.130. The van der Waals surface area contributed by atoms with Gasteiger partial charge in [0, 0.05) is 26.1 Å². The minimum atomic E-state index is -0.304. The van der Waals surface area contributed by atoms with Crippen LogP contribution in [0.1, 0.15) is 26.6 Å². The molecule has 0 saturated carbocycles. The Morgan fingerprint density at radius 2 is 2.17 bits per heavy atom. The topological polar surface area (TPSA) is 58.1 Å². The summed E-state index contributed by atoms with van der Waals surface area (Å²) in [5, 5.41) is 3.10. The molecule has 100 valence electrons. The average Bonchev–Trinajstić information content (AvgIpc) is 2.35. The summed E-state index contributed by atoms with van der Waals surface area (Å²) in [6.45, 7) is 6.46. The molecular formula is C12H19BrN4O. The number of aromatic nitrogens is 2. The zero-order valence-corrected chi connectivity index (χ0v) is 12.8. The van der Waals surface area contributed by atoms with Gasteiger partial charge in [0.05, 0.1) is 0 Å². The highest BCUT2D eigenvalue weighted by Crippen LogP contribution is 2.14. The summed E-state index contributed by atoms with van der Waals surface area (Å²) in [4.78, 5) is 22.2. The fraction of sp³-hybridized carbons (Fsp3) is 0.583. The van der Waals surface area contributed by atoms with E-state index in [0.29, 0.717) is 12.4 Å². The van der Waals surface area contributed by atoms with Gasteiger partial charge in [-0.15, -0.1) is 0 Å². The second kappa shape index (κ2) is 6.68. The molecular weight excluding hydrogens is 296 g/mol. The van der Waals surface area contributed by atoms with Crippen LogP contribution in [0, 0.1) is 0 Å². The van der Waals surface area contributed by atoms with Crippen LogP contribution in [0.15, 0.2) is 10.7 Å². The molecule has 0 bridgehead atoms. The first kappa shape index (κ1) is 14.9. The van der Waals surface area contributed by atoms with E-state index in [-0.39, 0.29) is 11.9 Å². The first-order chi connectivity index (χ1) is 8.47. The Bertz CT molecular complexity index is 425. The van der Waals surface area contributed by atoms with E-state index >= 15 is 0 Å². The summed E-state index contributed by atoms with van der Waals surface area (Å²) in [6.07, 6.45) is 0.755. The number of nitrogens with zero attached hydrogens (tertiary/aromatic N) is 3. The van der Waals surface area contributed by atoms with Crippen molar-refractivity contribution in [3.8, 4) is 0 Å². The molecule has 0 fully saturated rings. The van der Waals surface area contributed by atoms with Gasteiger partial charge >= 0.3 is 0 Å². The smallest absolute Gasteiger partial charge is 0.244 e. The second-order valence-electron chi connectivity index (χ2n) is 4.06. The van der Waals surface area contributed by atoms with Crippen molar-refractivity contribution in [2.45, 2.75) is 33.2 Å². The molecule has 1 aromatic rings. The Balaban J connectivity index is 2.78. The Kier molecular flexibility index (Phi) is 5.53. The highest BCUT2D eigenvalue weighted by Gasteiger charge is 2.16. The first-order valence-electron chi connectivity index (χ1n) is 6.02. The highest BCUT2D eigenvalue weighted by molar-refractivity contribution is 9.10. The van der Waals surface area contributed by atoms with E-state index < -0.39 is 0 Å². The van der Waals surface area contributed by atoms with Crippen LogP contribution in [0.3, 0.4) is 0 Å². The zero-order valence-electron chi connectivity index (χ0n) is 11.2. The monoisotopic (exact) mass is 314 g/mol. The molecule has 5 nitrogen and oxygen atoms in total. The van der Waals surface area contributed by atoms with Crippen LogP contribution in [0.25, 0.3) is 0 Å². The van der Waals surface area contributed by atoms with Crippen molar-refractivity contribution in [1.29, 1.82) is 0 Å². The lowest BCUT2D eigenvalue weighted by Crippen LogP contribution is -2.39. The van der Waals surface area contributed by atoms with Gasteiger partial charge < -0.3 is 10.2 Å². The summed E-state index contributed by atoms with van der Waals surface area (Å²) >= 11 is 3.34. The molecule has 0 saturated heterocycles. The van der Waals surface area contributed by atoms with Crippen LogP contribution in [-0.4, -0.2) is 40.4 Å². The molecule has 0 spiro atoms. The quantitative estimate of drug-likeness (QED) is 0.845. The molecule has 1 rings (SSSR count). The van der Waals surface area contributed by atoms with E-state index in [9.17, 15) is 4.79 Å². The van der Waals surface area contributed by atoms with Gasteiger partial charge in [-0.05, 0) is 29.8 Å². The van der Waals surface area contributed by atoms with Gasteiger partial charge in [0.15, 0.2) is 0 Å². The molecule has 1 unspecified atom stereocenters. The van der Waals surface area contributed by atoms with E-state index in [0.717, 1.165) is 16.8 Å². The standard InChI is InChI=1S/C12H19BrN4O/c1-5-10-15-9(13)7-11(16-10)14-8(3)12(18)17(4)6-2/h7-8H,5-6H2,1-4H3,(H,14,15,16). The van der Waals surface area contributed by atoms with Gasteiger partial charge in [0.25, 0.3) is 0 Å². The number of halogens is 1. The van der Waals surface area contributed by atoms with E-state index in [1.54, 1.807) is 18.0 Å². The molecule has 0 aliphatic carbocycles. The van der Waals surface area contributed by atoms with Crippen LogP contribution in [0.4, 0.5) is 5.82 Å². The molecule has 0 aromatic carbocycles. The summed E-state index contributed by atoms with van der Waals surface area (Å²) in [5.74, 6) is 1.46. The number of hydrogen-bond acceptors (Lipinski definition) is 4. The van der Waals surface area contributed by atoms with Crippen LogP contribution in [0.2, 0.25) is 0 Å². The number of anilines is 1. The number of hydrogen-bond donors (Lipinski definition) is 1. The van der Waals surface area contributed by atoms with Crippen LogP contribution in [0.5, 0.6) is 0 Å².